The van der Waals surface area contributed by atoms with Crippen molar-refractivity contribution in [1.29, 1.82) is 0 Å². The van der Waals surface area contributed by atoms with Gasteiger partial charge in [0, 0.05) is 6.04 Å². The van der Waals surface area contributed by atoms with E-state index in [9.17, 15) is 0 Å². The molecule has 3 heteroatoms. The van der Waals surface area contributed by atoms with Crippen LogP contribution in [-0.2, 0) is 0 Å². The quantitative estimate of drug-likeness (QED) is 0.670. The largest absolute Gasteiger partial charge is 0.316 e. The Morgan fingerprint density at radius 1 is 1.17 bits per heavy atom. The summed E-state index contributed by atoms with van der Waals surface area (Å²) in [5.74, 6) is 0.773. The predicted octanol–water partition coefficient (Wildman–Crippen LogP) is 2.04. The fourth-order valence-electron chi connectivity index (χ4n) is 2.64. The van der Waals surface area contributed by atoms with Gasteiger partial charge in [-0.3, -0.25) is 0 Å². The van der Waals surface area contributed by atoms with Crippen LogP contribution in [0, 0.1) is 5.92 Å². The van der Waals surface area contributed by atoms with E-state index in [1.165, 1.54) is 51.9 Å². The lowest BCUT2D eigenvalue weighted by molar-refractivity contribution is 0.143. The normalized spacial score (nSPS) is 19.0. The molecule has 0 bridgehead atoms. The van der Waals surface area contributed by atoms with Gasteiger partial charge in [-0.05, 0) is 78.4 Å². The number of hydrogen-bond donors (Lipinski definition) is 1. The van der Waals surface area contributed by atoms with E-state index in [2.05, 4.69) is 43.1 Å². The second-order valence-corrected chi connectivity index (χ2v) is 6.34. The van der Waals surface area contributed by atoms with Gasteiger partial charge in [0.05, 0.1) is 0 Å². The Morgan fingerprint density at radius 2 is 1.83 bits per heavy atom. The monoisotopic (exact) mass is 255 g/mol. The van der Waals surface area contributed by atoms with Gasteiger partial charge in [0.1, 0.15) is 0 Å². The minimum absolute atomic E-state index is 0.773. The first-order valence-electron chi connectivity index (χ1n) is 7.69. The summed E-state index contributed by atoms with van der Waals surface area (Å²) in [5, 5.41) is 3.52. The molecule has 108 valence electrons. The molecule has 0 amide bonds. The summed E-state index contributed by atoms with van der Waals surface area (Å²) in [5.41, 5.74) is 0. The van der Waals surface area contributed by atoms with E-state index < -0.39 is 0 Å². The number of nitrogens with zero attached hydrogens (tertiary/aromatic N) is 2. The summed E-state index contributed by atoms with van der Waals surface area (Å²) in [6, 6.07) is 0.814. The highest BCUT2D eigenvalue weighted by Gasteiger charge is 2.19. The van der Waals surface area contributed by atoms with Crippen LogP contribution >= 0.6 is 0 Å². The summed E-state index contributed by atoms with van der Waals surface area (Å²) >= 11 is 0. The molecule has 0 aliphatic carbocycles. The first kappa shape index (κ1) is 15.9. The van der Waals surface area contributed by atoms with E-state index in [1.54, 1.807) is 0 Å². The molecule has 18 heavy (non-hydrogen) atoms. The van der Waals surface area contributed by atoms with Crippen LogP contribution in [0.4, 0.5) is 0 Å². The molecule has 1 N–H and O–H groups in total. The highest BCUT2D eigenvalue weighted by Crippen LogP contribution is 2.14. The average Bonchev–Trinajstić information content (AvgIpc) is 2.34. The standard InChI is InChI=1S/C15H33N3/c1-14(2)13-16-9-5-6-10-18-11-7-15(8-12-18)17(3)4/h14-16H,5-13H2,1-4H3. The molecule has 1 fully saturated rings. The smallest absolute Gasteiger partial charge is 0.0113 e. The molecule has 0 aromatic rings. The van der Waals surface area contributed by atoms with E-state index >= 15 is 0 Å². The van der Waals surface area contributed by atoms with Gasteiger partial charge in [-0.2, -0.15) is 0 Å². The van der Waals surface area contributed by atoms with E-state index in [-0.39, 0.29) is 0 Å². The number of nitrogens with one attached hydrogen (secondary N) is 1. The van der Waals surface area contributed by atoms with Crippen LogP contribution in [0.3, 0.4) is 0 Å². The maximum absolute atomic E-state index is 3.52. The van der Waals surface area contributed by atoms with Gasteiger partial charge in [-0.1, -0.05) is 13.8 Å². The molecule has 1 rings (SSSR count). The van der Waals surface area contributed by atoms with Crippen molar-refractivity contribution < 1.29 is 0 Å². The summed E-state index contributed by atoms with van der Waals surface area (Å²) < 4.78 is 0. The minimum Gasteiger partial charge on any atom is -0.316 e. The second-order valence-electron chi connectivity index (χ2n) is 6.34. The van der Waals surface area contributed by atoms with Gasteiger partial charge in [0.15, 0.2) is 0 Å². The van der Waals surface area contributed by atoms with Crippen molar-refractivity contribution in [1.82, 2.24) is 15.1 Å². The first-order chi connectivity index (χ1) is 8.59. The Morgan fingerprint density at radius 3 is 2.39 bits per heavy atom. The lowest BCUT2D eigenvalue weighted by Gasteiger charge is -2.35. The molecule has 1 aliphatic heterocycles. The Hall–Kier alpha value is -0.120. The van der Waals surface area contributed by atoms with Crippen LogP contribution in [0.25, 0.3) is 0 Å². The number of hydrogen-bond acceptors (Lipinski definition) is 3. The van der Waals surface area contributed by atoms with Gasteiger partial charge < -0.3 is 15.1 Å². The number of unbranched alkanes of at least 4 members (excludes halogenated alkanes) is 1. The Bertz CT molecular complexity index is 196. The third-order valence-corrected chi connectivity index (χ3v) is 3.92. The Balaban J connectivity index is 1.95. The van der Waals surface area contributed by atoms with Crippen molar-refractivity contribution in [2.75, 3.05) is 46.8 Å². The van der Waals surface area contributed by atoms with Crippen LogP contribution in [-0.4, -0.2) is 62.7 Å². The van der Waals surface area contributed by atoms with Gasteiger partial charge in [-0.15, -0.1) is 0 Å². The molecule has 0 radical (unpaired) electrons. The Labute approximate surface area is 114 Å². The van der Waals surface area contributed by atoms with Crippen LogP contribution in [0.2, 0.25) is 0 Å². The molecule has 0 saturated carbocycles. The molecular formula is C15H33N3. The van der Waals surface area contributed by atoms with Crippen molar-refractivity contribution in [3.05, 3.63) is 0 Å². The van der Waals surface area contributed by atoms with Crippen molar-refractivity contribution in [2.45, 2.75) is 45.6 Å². The third kappa shape index (κ3) is 6.72. The summed E-state index contributed by atoms with van der Waals surface area (Å²) in [7, 11) is 4.42. The molecule has 0 aromatic heterocycles. The Kier molecular flexibility index (Phi) is 7.87. The fourth-order valence-corrected chi connectivity index (χ4v) is 2.64. The van der Waals surface area contributed by atoms with Crippen LogP contribution in [0.15, 0.2) is 0 Å². The van der Waals surface area contributed by atoms with Gasteiger partial charge in [-0.25, -0.2) is 0 Å². The van der Waals surface area contributed by atoms with Crippen molar-refractivity contribution in [3.63, 3.8) is 0 Å². The van der Waals surface area contributed by atoms with E-state index in [1.807, 2.05) is 0 Å². The van der Waals surface area contributed by atoms with Crippen LogP contribution in [0.5, 0.6) is 0 Å². The average molecular weight is 255 g/mol. The number of piperidine rings is 1. The minimum atomic E-state index is 0.773. The van der Waals surface area contributed by atoms with E-state index in [0.29, 0.717) is 0 Å². The zero-order valence-corrected chi connectivity index (χ0v) is 12.9. The first-order valence-corrected chi connectivity index (χ1v) is 7.69. The summed E-state index contributed by atoms with van der Waals surface area (Å²) in [6.45, 7) is 10.8. The van der Waals surface area contributed by atoms with Crippen molar-refractivity contribution >= 4 is 0 Å². The molecule has 0 spiro atoms. The van der Waals surface area contributed by atoms with E-state index in [0.717, 1.165) is 18.5 Å². The number of likely N-dealkylation sites (tertiary alicyclic amines) is 1. The maximum Gasteiger partial charge on any atom is 0.0113 e. The predicted molar refractivity (Wildman–Crippen MR) is 80.1 cm³/mol. The molecule has 1 saturated heterocycles. The maximum atomic E-state index is 3.52. The van der Waals surface area contributed by atoms with Crippen LogP contribution < -0.4 is 5.32 Å². The highest BCUT2D eigenvalue weighted by molar-refractivity contribution is 4.76. The van der Waals surface area contributed by atoms with Gasteiger partial charge in [0.25, 0.3) is 0 Å². The zero-order chi connectivity index (χ0) is 13.4. The fraction of sp³-hybridized carbons (Fsp3) is 1.00. The molecule has 1 aliphatic rings. The zero-order valence-electron chi connectivity index (χ0n) is 12.9. The molecular weight excluding hydrogens is 222 g/mol. The molecule has 3 nitrogen and oxygen atoms in total. The van der Waals surface area contributed by atoms with Gasteiger partial charge >= 0.3 is 0 Å². The highest BCUT2D eigenvalue weighted by atomic mass is 15.2. The lowest BCUT2D eigenvalue weighted by atomic mass is 10.0. The molecule has 1 heterocycles. The van der Waals surface area contributed by atoms with Crippen molar-refractivity contribution in [3.8, 4) is 0 Å². The van der Waals surface area contributed by atoms with Crippen molar-refractivity contribution in [2.24, 2.45) is 5.92 Å². The summed E-state index contributed by atoms with van der Waals surface area (Å²) in [6.07, 6.45) is 5.36. The number of rotatable bonds is 8. The SMILES string of the molecule is CC(C)CNCCCCN1CCC(N(C)C)CC1. The topological polar surface area (TPSA) is 18.5 Å². The van der Waals surface area contributed by atoms with E-state index in [4.69, 9.17) is 0 Å². The lowest BCUT2D eigenvalue weighted by Crippen LogP contribution is -2.42. The third-order valence-electron chi connectivity index (χ3n) is 3.92. The summed E-state index contributed by atoms with van der Waals surface area (Å²) in [4.78, 5) is 5.02. The molecule has 0 aromatic carbocycles. The van der Waals surface area contributed by atoms with Gasteiger partial charge in [0.2, 0.25) is 0 Å². The molecule has 0 atom stereocenters. The van der Waals surface area contributed by atoms with Crippen LogP contribution in [0.1, 0.15) is 39.5 Å². The molecule has 0 unspecified atom stereocenters. The second kappa shape index (κ2) is 8.89.